The van der Waals surface area contributed by atoms with Crippen LogP contribution in [0, 0.1) is 21.4 Å². The van der Waals surface area contributed by atoms with E-state index in [1.54, 1.807) is 37.4 Å². The van der Waals surface area contributed by atoms with E-state index in [2.05, 4.69) is 9.97 Å². The van der Waals surface area contributed by atoms with Gasteiger partial charge in [-0.15, -0.1) is 0 Å². The van der Waals surface area contributed by atoms with Gasteiger partial charge in [-0.1, -0.05) is 11.8 Å². The number of anilines is 2. The normalized spacial score (nSPS) is 10.1. The summed E-state index contributed by atoms with van der Waals surface area (Å²) >= 11 is 1.18. The second kappa shape index (κ2) is 7.01. The van der Waals surface area contributed by atoms with Gasteiger partial charge < -0.3 is 15.4 Å². The van der Waals surface area contributed by atoms with E-state index in [9.17, 15) is 10.1 Å². The lowest BCUT2D eigenvalue weighted by molar-refractivity contribution is -0.385. The Hall–Kier alpha value is -3.06. The molecule has 0 aliphatic heterocycles. The maximum atomic E-state index is 11.3. The minimum absolute atomic E-state index is 0.246. The molecule has 2 rings (SSSR count). The van der Waals surface area contributed by atoms with Crippen molar-refractivity contribution in [1.82, 2.24) is 9.97 Å². The van der Waals surface area contributed by atoms with Crippen molar-refractivity contribution in [2.45, 2.75) is 5.16 Å². The lowest BCUT2D eigenvalue weighted by Crippen LogP contribution is -2.11. The summed E-state index contributed by atoms with van der Waals surface area (Å²) in [5.41, 5.74) is 6.13. The molecule has 0 atom stereocenters. The number of nitrogen functional groups attached to an aromatic ring is 1. The first kappa shape index (κ1) is 17.3. The molecule has 0 spiro atoms. The standard InChI is InChI=1S/C14H14N6O3S/c1-19(2)9-5-4-8(7-15)6-10(9)23-13-11(20(21)22)12(16)17-14(18-13)24-3/h4-6H,1-3H3,(H2,16,17,18). The average Bonchev–Trinajstić information content (AvgIpc) is 2.53. The molecule has 0 saturated heterocycles. The fourth-order valence-electron chi connectivity index (χ4n) is 1.90. The summed E-state index contributed by atoms with van der Waals surface area (Å²) in [5.74, 6) is -0.292. The lowest BCUT2D eigenvalue weighted by Gasteiger charge is -2.17. The molecule has 1 heterocycles. The smallest absolute Gasteiger partial charge is 0.373 e. The number of nitrogens with zero attached hydrogens (tertiary/aromatic N) is 5. The molecule has 0 fully saturated rings. The number of benzene rings is 1. The number of rotatable bonds is 5. The summed E-state index contributed by atoms with van der Waals surface area (Å²) in [6.07, 6.45) is 1.71. The molecule has 9 nitrogen and oxygen atoms in total. The highest BCUT2D eigenvalue weighted by molar-refractivity contribution is 7.98. The van der Waals surface area contributed by atoms with Crippen molar-refractivity contribution in [3.8, 4) is 17.7 Å². The minimum atomic E-state index is -0.696. The van der Waals surface area contributed by atoms with Crippen LogP contribution in [0.5, 0.6) is 11.6 Å². The first-order chi connectivity index (χ1) is 11.4. The van der Waals surface area contributed by atoms with Crippen LogP contribution in [0.1, 0.15) is 5.56 Å². The van der Waals surface area contributed by atoms with Crippen molar-refractivity contribution in [3.63, 3.8) is 0 Å². The number of thioether (sulfide) groups is 1. The highest BCUT2D eigenvalue weighted by atomic mass is 32.2. The van der Waals surface area contributed by atoms with Crippen LogP contribution in [-0.4, -0.2) is 35.2 Å². The van der Waals surface area contributed by atoms with Crippen LogP contribution in [-0.2, 0) is 0 Å². The molecular formula is C14H14N6O3S. The quantitative estimate of drug-likeness (QED) is 0.375. The SMILES string of the molecule is CSc1nc(N)c([N+](=O)[O-])c(Oc2cc(C#N)ccc2N(C)C)n1. The number of hydrogen-bond acceptors (Lipinski definition) is 9. The summed E-state index contributed by atoms with van der Waals surface area (Å²) in [4.78, 5) is 20.2. The van der Waals surface area contributed by atoms with Crippen molar-refractivity contribution < 1.29 is 9.66 Å². The Morgan fingerprint density at radius 3 is 2.67 bits per heavy atom. The molecule has 1 aromatic heterocycles. The molecule has 2 aromatic rings. The third kappa shape index (κ3) is 3.47. The Bertz CT molecular complexity index is 834. The zero-order valence-electron chi connectivity index (χ0n) is 13.2. The Morgan fingerprint density at radius 1 is 1.42 bits per heavy atom. The number of nitro groups is 1. The van der Waals surface area contributed by atoms with Crippen LogP contribution < -0.4 is 15.4 Å². The molecule has 0 amide bonds. The van der Waals surface area contributed by atoms with Crippen LogP contribution in [0.2, 0.25) is 0 Å². The van der Waals surface area contributed by atoms with Gasteiger partial charge in [-0.05, 0) is 18.4 Å². The number of aromatic nitrogens is 2. The monoisotopic (exact) mass is 346 g/mol. The van der Waals surface area contributed by atoms with Crippen LogP contribution in [0.3, 0.4) is 0 Å². The van der Waals surface area contributed by atoms with Gasteiger partial charge in [-0.2, -0.15) is 15.2 Å². The van der Waals surface area contributed by atoms with E-state index < -0.39 is 10.6 Å². The van der Waals surface area contributed by atoms with E-state index in [4.69, 9.17) is 15.7 Å². The summed E-state index contributed by atoms with van der Waals surface area (Å²) in [5, 5.41) is 20.6. The molecule has 0 saturated carbocycles. The van der Waals surface area contributed by atoms with Gasteiger partial charge in [0.05, 0.1) is 22.2 Å². The van der Waals surface area contributed by atoms with Gasteiger partial charge in [0.2, 0.25) is 5.82 Å². The van der Waals surface area contributed by atoms with Crippen molar-refractivity contribution in [1.29, 1.82) is 5.26 Å². The van der Waals surface area contributed by atoms with E-state index in [0.717, 1.165) is 0 Å². The van der Waals surface area contributed by atoms with E-state index in [0.29, 0.717) is 11.3 Å². The maximum absolute atomic E-state index is 11.3. The predicted octanol–water partition coefficient (Wildman–Crippen LogP) is 2.42. The Kier molecular flexibility index (Phi) is 5.05. The van der Waals surface area contributed by atoms with Gasteiger partial charge in [0.25, 0.3) is 0 Å². The average molecular weight is 346 g/mol. The molecular weight excluding hydrogens is 332 g/mol. The third-order valence-electron chi connectivity index (χ3n) is 3.00. The molecule has 1 aromatic carbocycles. The summed E-state index contributed by atoms with van der Waals surface area (Å²) in [6, 6.07) is 6.78. The molecule has 24 heavy (non-hydrogen) atoms. The molecule has 0 unspecified atom stereocenters. The zero-order chi connectivity index (χ0) is 17.9. The van der Waals surface area contributed by atoms with Crippen molar-refractivity contribution in [2.24, 2.45) is 0 Å². The molecule has 0 aliphatic carbocycles. The van der Waals surface area contributed by atoms with E-state index >= 15 is 0 Å². The first-order valence-electron chi connectivity index (χ1n) is 6.62. The molecule has 2 N–H and O–H groups in total. The van der Waals surface area contributed by atoms with Gasteiger partial charge in [0.1, 0.15) is 0 Å². The van der Waals surface area contributed by atoms with Crippen molar-refractivity contribution in [2.75, 3.05) is 31.0 Å². The second-order valence-electron chi connectivity index (χ2n) is 4.80. The fourth-order valence-corrected chi connectivity index (χ4v) is 2.27. The van der Waals surface area contributed by atoms with Gasteiger partial charge in [-0.3, -0.25) is 10.1 Å². The van der Waals surface area contributed by atoms with Crippen LogP contribution in [0.15, 0.2) is 23.4 Å². The van der Waals surface area contributed by atoms with Crippen molar-refractivity contribution >= 4 is 29.0 Å². The summed E-state index contributed by atoms with van der Waals surface area (Å²) in [7, 11) is 3.56. The molecule has 0 aliphatic rings. The highest BCUT2D eigenvalue weighted by Crippen LogP contribution is 2.38. The Labute approximate surface area is 142 Å². The Balaban J connectivity index is 2.61. The molecule has 0 radical (unpaired) electrons. The predicted molar refractivity (Wildman–Crippen MR) is 90.4 cm³/mol. The zero-order valence-corrected chi connectivity index (χ0v) is 14.0. The summed E-state index contributed by atoms with van der Waals surface area (Å²) < 4.78 is 5.65. The first-order valence-corrected chi connectivity index (χ1v) is 7.85. The van der Waals surface area contributed by atoms with Gasteiger partial charge in [-0.25, -0.2) is 0 Å². The van der Waals surface area contributed by atoms with E-state index in [1.165, 1.54) is 17.8 Å². The molecule has 124 valence electrons. The van der Waals surface area contributed by atoms with Gasteiger partial charge >= 0.3 is 11.6 Å². The summed E-state index contributed by atoms with van der Waals surface area (Å²) in [6.45, 7) is 0. The maximum Gasteiger partial charge on any atom is 0.373 e. The van der Waals surface area contributed by atoms with E-state index in [-0.39, 0.29) is 22.6 Å². The Morgan fingerprint density at radius 2 is 2.12 bits per heavy atom. The number of nitrogens with two attached hydrogens (primary N) is 1. The number of ether oxygens (including phenoxy) is 1. The number of hydrogen-bond donors (Lipinski definition) is 1. The topological polar surface area (TPSA) is 131 Å². The molecule has 0 bridgehead atoms. The highest BCUT2D eigenvalue weighted by Gasteiger charge is 2.26. The lowest BCUT2D eigenvalue weighted by atomic mass is 10.2. The minimum Gasteiger partial charge on any atom is -0.431 e. The fraction of sp³-hybridized carbons (Fsp3) is 0.214. The van der Waals surface area contributed by atoms with Crippen LogP contribution in [0.25, 0.3) is 0 Å². The number of nitriles is 1. The molecule has 10 heteroatoms. The third-order valence-corrected chi connectivity index (χ3v) is 3.55. The van der Waals surface area contributed by atoms with Crippen LogP contribution >= 0.6 is 11.8 Å². The van der Waals surface area contributed by atoms with Gasteiger partial charge in [0.15, 0.2) is 10.9 Å². The van der Waals surface area contributed by atoms with Crippen molar-refractivity contribution in [3.05, 3.63) is 33.9 Å². The van der Waals surface area contributed by atoms with E-state index in [1.807, 2.05) is 6.07 Å². The largest absolute Gasteiger partial charge is 0.431 e. The van der Waals surface area contributed by atoms with Crippen LogP contribution in [0.4, 0.5) is 17.2 Å². The second-order valence-corrected chi connectivity index (χ2v) is 5.57. The van der Waals surface area contributed by atoms with Gasteiger partial charge in [0, 0.05) is 20.2 Å².